The monoisotopic (exact) mass is 653 g/mol. The molecule has 0 spiro atoms. The van der Waals surface area contributed by atoms with E-state index in [9.17, 15) is 0 Å². The molecule has 208 valence electrons. The van der Waals surface area contributed by atoms with Gasteiger partial charge in [0.25, 0.3) is 0 Å². The molecule has 0 saturated heterocycles. The van der Waals surface area contributed by atoms with E-state index in [1.807, 2.05) is 11.3 Å². The van der Waals surface area contributed by atoms with Crippen LogP contribution in [-0.2, 0) is 0 Å². The Morgan fingerprint density at radius 3 is 1.93 bits per heavy atom. The van der Waals surface area contributed by atoms with E-state index in [0.29, 0.717) is 14.5 Å². The van der Waals surface area contributed by atoms with Crippen LogP contribution in [0.3, 0.4) is 0 Å². The number of hydrogen-bond acceptors (Lipinski definition) is 1. The van der Waals surface area contributed by atoms with Crippen LogP contribution in [0.25, 0.3) is 99.5 Å². The number of rotatable bonds is 1. The van der Waals surface area contributed by atoms with Gasteiger partial charge in [-0.1, -0.05) is 42.5 Å². The minimum absolute atomic E-state index is 0.381. The SMILES string of the molecule is c1ccc2c(c1)[se]c1ccc(-c3ccc4c(c3)c3ccc5sc6cccc7c8ccccc8c8ccccc8n4c3c5c67)cc12. The molecule has 0 atom stereocenters. The van der Waals surface area contributed by atoms with E-state index in [-0.39, 0.29) is 0 Å². The molecule has 0 N–H and O–H groups in total. The first-order valence-corrected chi connectivity index (χ1v) is 17.9. The number of benzene rings is 7. The predicted octanol–water partition coefficient (Wildman–Crippen LogP) is 12.0. The van der Waals surface area contributed by atoms with Crippen LogP contribution in [0.1, 0.15) is 0 Å². The van der Waals surface area contributed by atoms with Gasteiger partial charge in [0.2, 0.25) is 0 Å². The molecule has 0 fully saturated rings. The Bertz CT molecular complexity index is 3030. The molecule has 11 rings (SSSR count). The van der Waals surface area contributed by atoms with Gasteiger partial charge in [0.15, 0.2) is 0 Å². The molecule has 0 aliphatic carbocycles. The van der Waals surface area contributed by atoms with E-state index in [1.54, 1.807) is 0 Å². The zero-order valence-electron chi connectivity index (χ0n) is 24.0. The van der Waals surface area contributed by atoms with Crippen molar-refractivity contribution in [3.05, 3.63) is 140 Å². The van der Waals surface area contributed by atoms with Crippen molar-refractivity contribution >= 4 is 114 Å². The predicted molar refractivity (Wildman–Crippen MR) is 198 cm³/mol. The quantitative estimate of drug-likeness (QED) is 0.156. The van der Waals surface area contributed by atoms with Crippen LogP contribution >= 0.6 is 11.3 Å². The van der Waals surface area contributed by atoms with Crippen molar-refractivity contribution in [2.45, 2.75) is 0 Å². The van der Waals surface area contributed by atoms with Crippen molar-refractivity contribution in [2.75, 3.05) is 0 Å². The van der Waals surface area contributed by atoms with Crippen LogP contribution in [0.4, 0.5) is 0 Å². The molecule has 7 aromatic carbocycles. The molecule has 0 unspecified atom stereocenters. The van der Waals surface area contributed by atoms with Gasteiger partial charge in [-0.3, -0.25) is 0 Å². The third-order valence-corrected chi connectivity index (χ3v) is 13.3. The second-order valence-corrected chi connectivity index (χ2v) is 15.4. The van der Waals surface area contributed by atoms with E-state index in [1.165, 1.54) is 99.5 Å². The molecule has 3 heteroatoms. The summed E-state index contributed by atoms with van der Waals surface area (Å²) < 4.78 is 8.21. The molecule has 0 radical (unpaired) electrons. The molecule has 1 nitrogen and oxygen atoms in total. The molecular formula is C42H23NSSe. The zero-order chi connectivity index (χ0) is 29.2. The molecule has 0 aliphatic heterocycles. The minimum atomic E-state index is 0.381. The average molecular weight is 653 g/mol. The Labute approximate surface area is 267 Å². The molecule has 0 aliphatic rings. The average Bonchev–Trinajstić information content (AvgIpc) is 3.77. The number of hydrogen-bond donors (Lipinski definition) is 0. The van der Waals surface area contributed by atoms with Gasteiger partial charge in [-0.25, -0.2) is 0 Å². The number of nitrogens with zero attached hydrogens (tertiary/aromatic N) is 1. The van der Waals surface area contributed by atoms with E-state index in [4.69, 9.17) is 0 Å². The summed E-state index contributed by atoms with van der Waals surface area (Å²) in [6, 6.07) is 52.6. The second-order valence-electron chi connectivity index (χ2n) is 12.1. The van der Waals surface area contributed by atoms with E-state index >= 15 is 0 Å². The van der Waals surface area contributed by atoms with Crippen LogP contribution in [-0.4, -0.2) is 18.9 Å². The number of fused-ring (bicyclic) bond motifs is 11. The second kappa shape index (κ2) is 8.84. The van der Waals surface area contributed by atoms with Gasteiger partial charge in [0, 0.05) is 0 Å². The van der Waals surface area contributed by atoms with Crippen LogP contribution in [0, 0.1) is 0 Å². The number of thiophene rings is 1. The Hall–Kier alpha value is -4.92. The molecule has 0 saturated carbocycles. The maximum absolute atomic E-state index is 2.55. The van der Waals surface area contributed by atoms with Crippen molar-refractivity contribution < 1.29 is 0 Å². The summed E-state index contributed by atoms with van der Waals surface area (Å²) in [4.78, 5) is 0. The molecule has 11 aromatic rings. The Morgan fingerprint density at radius 2 is 1.04 bits per heavy atom. The third kappa shape index (κ3) is 3.22. The van der Waals surface area contributed by atoms with E-state index < -0.39 is 0 Å². The van der Waals surface area contributed by atoms with Gasteiger partial charge in [-0.2, -0.15) is 0 Å². The maximum atomic E-state index is 2.55. The Morgan fingerprint density at radius 1 is 0.400 bits per heavy atom. The molecule has 4 heterocycles. The van der Waals surface area contributed by atoms with Crippen LogP contribution in [0.2, 0.25) is 0 Å². The Balaban J connectivity index is 1.35. The molecule has 0 amide bonds. The summed E-state index contributed by atoms with van der Waals surface area (Å²) >= 11 is 2.29. The fourth-order valence-corrected chi connectivity index (χ4v) is 11.2. The standard InChI is InChI=1S/C42H23NSSe/c1-2-9-27-26(8-1)28-10-3-5-13-34(28)43-35-19-16-24(25-17-21-39-33(23-25)29-11-4-6-15-38(29)45-39)22-32(35)31-18-20-37-41(42(31)43)40-30(27)12-7-14-36(40)44-37/h1-23H. The summed E-state index contributed by atoms with van der Waals surface area (Å²) in [7, 11) is 0. The first-order valence-electron chi connectivity index (χ1n) is 15.4. The normalized spacial score (nSPS) is 12.4. The van der Waals surface area contributed by atoms with Crippen LogP contribution < -0.4 is 0 Å². The fraction of sp³-hybridized carbons (Fsp3) is 0. The summed E-state index contributed by atoms with van der Waals surface area (Å²) in [5.41, 5.74) is 6.34. The van der Waals surface area contributed by atoms with Gasteiger partial charge in [0.05, 0.1) is 0 Å². The number of aromatic nitrogens is 1. The third-order valence-electron chi connectivity index (χ3n) is 9.75. The van der Waals surface area contributed by atoms with E-state index in [2.05, 4.69) is 144 Å². The zero-order valence-corrected chi connectivity index (χ0v) is 26.6. The summed E-state index contributed by atoms with van der Waals surface area (Å²) in [6.07, 6.45) is 0. The first-order chi connectivity index (χ1) is 22.3. The van der Waals surface area contributed by atoms with Gasteiger partial charge < -0.3 is 0 Å². The summed E-state index contributed by atoms with van der Waals surface area (Å²) in [5.74, 6) is 0. The van der Waals surface area contributed by atoms with Crippen molar-refractivity contribution in [2.24, 2.45) is 0 Å². The molecule has 45 heavy (non-hydrogen) atoms. The molecule has 0 bridgehead atoms. The topological polar surface area (TPSA) is 4.41 Å². The summed E-state index contributed by atoms with van der Waals surface area (Å²) in [5, 5.41) is 13.3. The van der Waals surface area contributed by atoms with Gasteiger partial charge >= 0.3 is 215 Å². The van der Waals surface area contributed by atoms with Gasteiger partial charge in [-0.15, -0.1) is 0 Å². The summed E-state index contributed by atoms with van der Waals surface area (Å²) in [6.45, 7) is 0. The van der Waals surface area contributed by atoms with Crippen molar-refractivity contribution in [1.82, 2.24) is 4.40 Å². The van der Waals surface area contributed by atoms with E-state index in [0.717, 1.165) is 0 Å². The number of para-hydroxylation sites is 1. The van der Waals surface area contributed by atoms with Crippen LogP contribution in [0.5, 0.6) is 0 Å². The van der Waals surface area contributed by atoms with Gasteiger partial charge in [0.1, 0.15) is 0 Å². The van der Waals surface area contributed by atoms with Crippen molar-refractivity contribution in [1.29, 1.82) is 0 Å². The van der Waals surface area contributed by atoms with Gasteiger partial charge in [-0.05, 0) is 11.5 Å². The van der Waals surface area contributed by atoms with Crippen molar-refractivity contribution in [3.63, 3.8) is 0 Å². The molecular weight excluding hydrogens is 629 g/mol. The molecule has 4 aromatic heterocycles. The Kier molecular flexibility index (Phi) is 4.79. The first kappa shape index (κ1) is 24.4. The van der Waals surface area contributed by atoms with Crippen LogP contribution in [0.15, 0.2) is 140 Å². The van der Waals surface area contributed by atoms with Crippen molar-refractivity contribution in [3.8, 4) is 11.1 Å². The fourth-order valence-electron chi connectivity index (χ4n) is 7.82.